The number of rotatable bonds is 4. The van der Waals surface area contributed by atoms with Crippen LogP contribution in [0.3, 0.4) is 0 Å². The molecule has 0 bridgehead atoms. The van der Waals surface area contributed by atoms with E-state index in [1.54, 1.807) is 18.2 Å². The van der Waals surface area contributed by atoms with E-state index in [0.29, 0.717) is 40.3 Å². The molecule has 0 spiro atoms. The lowest BCUT2D eigenvalue weighted by Gasteiger charge is -2.32. The number of H-pyrrole nitrogens is 1. The molecule has 8 heteroatoms. The normalized spacial score (nSPS) is 14.7. The molecule has 1 aliphatic heterocycles. The van der Waals surface area contributed by atoms with Crippen LogP contribution in [0.25, 0.3) is 10.9 Å². The third-order valence-electron chi connectivity index (χ3n) is 5.35. The summed E-state index contributed by atoms with van der Waals surface area (Å²) in [5, 5.41) is 3.81. The van der Waals surface area contributed by atoms with Crippen LogP contribution < -0.4 is 10.1 Å². The summed E-state index contributed by atoms with van der Waals surface area (Å²) in [5.74, 6) is 0.124. The molecule has 2 aromatic carbocycles. The van der Waals surface area contributed by atoms with Gasteiger partial charge in [-0.1, -0.05) is 18.2 Å². The maximum atomic E-state index is 13.0. The van der Waals surface area contributed by atoms with Gasteiger partial charge in [0.2, 0.25) is 0 Å². The molecule has 0 atom stereocenters. The second kappa shape index (κ2) is 8.49. The van der Waals surface area contributed by atoms with Crippen LogP contribution in [0.1, 0.15) is 20.8 Å². The summed E-state index contributed by atoms with van der Waals surface area (Å²) in [4.78, 5) is 33.1. The molecular formula is C22H23BrN4O3. The molecule has 1 aromatic heterocycles. The van der Waals surface area contributed by atoms with Crippen LogP contribution in [-0.2, 0) is 0 Å². The first-order chi connectivity index (χ1) is 14.5. The zero-order valence-electron chi connectivity index (χ0n) is 16.9. The van der Waals surface area contributed by atoms with E-state index in [1.807, 2.05) is 36.2 Å². The number of fused-ring (bicyclic) bond motifs is 1. The van der Waals surface area contributed by atoms with Gasteiger partial charge in [0.1, 0.15) is 11.4 Å². The first-order valence-corrected chi connectivity index (χ1v) is 10.5. The van der Waals surface area contributed by atoms with Crippen LogP contribution >= 0.6 is 15.9 Å². The summed E-state index contributed by atoms with van der Waals surface area (Å²) in [6.45, 7) is 3.07. The number of hydrogen-bond acceptors (Lipinski definition) is 4. The average molecular weight is 471 g/mol. The first kappa shape index (κ1) is 20.4. The molecule has 0 saturated carbocycles. The highest BCUT2D eigenvalue weighted by Crippen LogP contribution is 2.30. The van der Waals surface area contributed by atoms with Crippen molar-refractivity contribution in [3.05, 3.63) is 58.2 Å². The molecular weight excluding hydrogens is 448 g/mol. The van der Waals surface area contributed by atoms with Crippen molar-refractivity contribution in [2.24, 2.45) is 0 Å². The fourth-order valence-corrected chi connectivity index (χ4v) is 4.20. The van der Waals surface area contributed by atoms with Gasteiger partial charge in [0.05, 0.1) is 17.3 Å². The van der Waals surface area contributed by atoms with Crippen molar-refractivity contribution in [1.29, 1.82) is 0 Å². The number of carbonyl (C=O) groups excluding carboxylic acids is 2. The quantitative estimate of drug-likeness (QED) is 0.610. The summed E-state index contributed by atoms with van der Waals surface area (Å²) >= 11 is 3.51. The second-order valence-electron chi connectivity index (χ2n) is 7.32. The second-order valence-corrected chi connectivity index (χ2v) is 8.12. The maximum absolute atomic E-state index is 13.0. The Labute approximate surface area is 183 Å². The minimum atomic E-state index is -0.319. The van der Waals surface area contributed by atoms with Gasteiger partial charge in [-0.3, -0.25) is 9.59 Å². The molecule has 2 heterocycles. The number of amides is 2. The van der Waals surface area contributed by atoms with Crippen molar-refractivity contribution in [2.45, 2.75) is 0 Å². The van der Waals surface area contributed by atoms with Gasteiger partial charge in [-0.25, -0.2) is 0 Å². The summed E-state index contributed by atoms with van der Waals surface area (Å²) in [6, 6.07) is 12.8. The van der Waals surface area contributed by atoms with E-state index in [1.165, 1.54) is 7.11 Å². The standard InChI is InChI=1S/C22H23BrN4O3/c1-26-9-11-27(12-10-26)22(29)14-7-8-18(30-2)17(13-14)25-21(28)20-19(23)15-5-3-4-6-16(15)24-20/h3-8,13,24H,9-12H2,1-2H3,(H,25,28). The highest BCUT2D eigenvalue weighted by Gasteiger charge is 2.22. The smallest absolute Gasteiger partial charge is 0.273 e. The topological polar surface area (TPSA) is 77.7 Å². The highest BCUT2D eigenvalue weighted by molar-refractivity contribution is 9.10. The van der Waals surface area contributed by atoms with Gasteiger partial charge in [-0.15, -0.1) is 0 Å². The number of nitrogens with zero attached hydrogens (tertiary/aromatic N) is 2. The number of nitrogens with one attached hydrogen (secondary N) is 2. The Morgan fingerprint density at radius 1 is 1.10 bits per heavy atom. The average Bonchev–Trinajstić information content (AvgIpc) is 3.10. The van der Waals surface area contributed by atoms with Crippen LogP contribution in [-0.4, -0.2) is 66.9 Å². The molecule has 1 saturated heterocycles. The molecule has 0 aliphatic carbocycles. The molecule has 7 nitrogen and oxygen atoms in total. The molecule has 0 unspecified atom stereocenters. The van der Waals surface area contributed by atoms with Gasteiger partial charge in [0.15, 0.2) is 0 Å². The fraction of sp³-hybridized carbons (Fsp3) is 0.273. The van der Waals surface area contributed by atoms with Crippen molar-refractivity contribution in [3.8, 4) is 5.75 Å². The summed E-state index contributed by atoms with van der Waals surface area (Å²) < 4.78 is 6.09. The van der Waals surface area contributed by atoms with E-state index < -0.39 is 0 Å². The Bertz CT molecular complexity index is 1100. The number of ether oxygens (including phenoxy) is 1. The number of carbonyl (C=O) groups is 2. The van der Waals surface area contributed by atoms with E-state index in [0.717, 1.165) is 24.0 Å². The highest BCUT2D eigenvalue weighted by atomic mass is 79.9. The van der Waals surface area contributed by atoms with Gasteiger partial charge in [-0.05, 0) is 47.2 Å². The van der Waals surface area contributed by atoms with Crippen molar-refractivity contribution in [3.63, 3.8) is 0 Å². The number of para-hydroxylation sites is 1. The number of hydrogen-bond donors (Lipinski definition) is 2. The van der Waals surface area contributed by atoms with Crippen LogP contribution in [0.2, 0.25) is 0 Å². The lowest BCUT2D eigenvalue weighted by molar-refractivity contribution is 0.0664. The minimum absolute atomic E-state index is 0.0481. The predicted octanol–water partition coefficient (Wildman–Crippen LogP) is 3.58. The molecule has 2 N–H and O–H groups in total. The van der Waals surface area contributed by atoms with E-state index >= 15 is 0 Å². The number of benzene rings is 2. The molecule has 3 aromatic rings. The molecule has 2 amide bonds. The predicted molar refractivity (Wildman–Crippen MR) is 120 cm³/mol. The lowest BCUT2D eigenvalue weighted by Crippen LogP contribution is -2.47. The van der Waals surface area contributed by atoms with Crippen molar-refractivity contribution >= 4 is 44.3 Å². The van der Waals surface area contributed by atoms with Gasteiger partial charge in [-0.2, -0.15) is 0 Å². The fourth-order valence-electron chi connectivity index (χ4n) is 3.58. The Morgan fingerprint density at radius 2 is 1.83 bits per heavy atom. The van der Waals surface area contributed by atoms with Crippen molar-refractivity contribution < 1.29 is 14.3 Å². The zero-order valence-corrected chi connectivity index (χ0v) is 18.5. The number of anilines is 1. The van der Waals surface area contributed by atoms with Gasteiger partial charge in [0, 0.05) is 42.6 Å². The van der Waals surface area contributed by atoms with Crippen molar-refractivity contribution in [2.75, 3.05) is 45.7 Å². The lowest BCUT2D eigenvalue weighted by atomic mass is 10.1. The number of likely N-dealkylation sites (N-methyl/N-ethyl adjacent to an activating group) is 1. The van der Waals surface area contributed by atoms with Crippen molar-refractivity contribution in [1.82, 2.24) is 14.8 Å². The molecule has 30 heavy (non-hydrogen) atoms. The monoisotopic (exact) mass is 470 g/mol. The zero-order chi connectivity index (χ0) is 21.3. The number of aromatic amines is 1. The first-order valence-electron chi connectivity index (χ1n) is 9.71. The third-order valence-corrected chi connectivity index (χ3v) is 6.18. The number of halogens is 1. The van der Waals surface area contributed by atoms with E-state index in [2.05, 4.69) is 31.1 Å². The minimum Gasteiger partial charge on any atom is -0.495 e. The Kier molecular flexibility index (Phi) is 5.78. The van der Waals surface area contributed by atoms with E-state index in [-0.39, 0.29) is 11.8 Å². The van der Waals surface area contributed by atoms with Crippen LogP contribution in [0, 0.1) is 0 Å². The molecule has 1 fully saturated rings. The molecule has 1 aliphatic rings. The Balaban J connectivity index is 1.59. The number of piperazine rings is 1. The molecule has 156 valence electrons. The van der Waals surface area contributed by atoms with Crippen LogP contribution in [0.4, 0.5) is 5.69 Å². The third kappa shape index (κ3) is 3.93. The molecule has 4 rings (SSSR count). The van der Waals surface area contributed by atoms with Gasteiger partial charge < -0.3 is 24.8 Å². The Morgan fingerprint density at radius 3 is 2.53 bits per heavy atom. The van der Waals surface area contributed by atoms with Gasteiger partial charge in [0.25, 0.3) is 11.8 Å². The van der Waals surface area contributed by atoms with E-state index in [9.17, 15) is 9.59 Å². The summed E-state index contributed by atoms with van der Waals surface area (Å²) in [7, 11) is 3.58. The van der Waals surface area contributed by atoms with Crippen LogP contribution in [0.5, 0.6) is 5.75 Å². The molecule has 0 radical (unpaired) electrons. The number of aromatic nitrogens is 1. The largest absolute Gasteiger partial charge is 0.495 e. The van der Waals surface area contributed by atoms with Gasteiger partial charge >= 0.3 is 0 Å². The summed E-state index contributed by atoms with van der Waals surface area (Å²) in [6.07, 6.45) is 0. The van der Waals surface area contributed by atoms with E-state index in [4.69, 9.17) is 4.74 Å². The number of methoxy groups -OCH3 is 1. The Hall–Kier alpha value is -2.84. The summed E-state index contributed by atoms with van der Waals surface area (Å²) in [5.41, 5.74) is 2.24. The van der Waals surface area contributed by atoms with Crippen LogP contribution in [0.15, 0.2) is 46.9 Å². The maximum Gasteiger partial charge on any atom is 0.273 e. The SMILES string of the molecule is COc1ccc(C(=O)N2CCN(C)CC2)cc1NC(=O)c1[nH]c2ccccc2c1Br.